The van der Waals surface area contributed by atoms with Crippen molar-refractivity contribution in [3.63, 3.8) is 0 Å². The van der Waals surface area contributed by atoms with Crippen LogP contribution in [-0.2, 0) is 16.6 Å². The highest BCUT2D eigenvalue weighted by molar-refractivity contribution is 5.88. The lowest BCUT2D eigenvalue weighted by Gasteiger charge is -2.26. The fraction of sp³-hybridized carbons (Fsp3) is 0.387. The predicted molar refractivity (Wildman–Crippen MR) is 140 cm³/mol. The van der Waals surface area contributed by atoms with Gasteiger partial charge in [-0.2, -0.15) is 0 Å². The zero-order chi connectivity index (χ0) is 23.9. The van der Waals surface area contributed by atoms with Crippen LogP contribution in [0.5, 0.6) is 0 Å². The minimum atomic E-state index is -0.774. The third kappa shape index (κ3) is 4.36. The van der Waals surface area contributed by atoms with E-state index in [2.05, 4.69) is 87.5 Å². The number of carbonyl (C=O) groups is 1. The number of anilines is 2. The summed E-state index contributed by atoms with van der Waals surface area (Å²) in [6, 6.07) is 23.2. The maximum atomic E-state index is 12.2. The van der Waals surface area contributed by atoms with Gasteiger partial charge in [0.1, 0.15) is 6.04 Å². The molecule has 0 aromatic heterocycles. The third-order valence-electron chi connectivity index (χ3n) is 7.68. The molecule has 1 aliphatic carbocycles. The van der Waals surface area contributed by atoms with Crippen LogP contribution in [-0.4, -0.2) is 17.1 Å². The van der Waals surface area contributed by atoms with Gasteiger partial charge in [-0.15, -0.1) is 0 Å². The van der Waals surface area contributed by atoms with Gasteiger partial charge in [-0.05, 0) is 76.3 Å². The summed E-state index contributed by atoms with van der Waals surface area (Å²) in [7, 11) is 0. The van der Waals surface area contributed by atoms with Crippen molar-refractivity contribution in [2.75, 3.05) is 4.90 Å². The zero-order valence-electron chi connectivity index (χ0n) is 20.6. The summed E-state index contributed by atoms with van der Waals surface area (Å²) in [6.45, 7) is 6.67. The van der Waals surface area contributed by atoms with Crippen molar-refractivity contribution in [3.05, 3.63) is 83.4 Å². The average molecular weight is 454 g/mol. The topological polar surface area (TPSA) is 40.5 Å². The van der Waals surface area contributed by atoms with Crippen molar-refractivity contribution in [2.45, 2.75) is 76.7 Å². The van der Waals surface area contributed by atoms with E-state index in [9.17, 15) is 9.90 Å². The molecule has 0 radical (unpaired) electrons. The lowest BCUT2D eigenvalue weighted by molar-refractivity contribution is -0.138. The molecule has 0 amide bonds. The van der Waals surface area contributed by atoms with Gasteiger partial charge >= 0.3 is 5.97 Å². The van der Waals surface area contributed by atoms with E-state index < -0.39 is 12.0 Å². The summed E-state index contributed by atoms with van der Waals surface area (Å²) in [6.07, 6.45) is 7.03. The van der Waals surface area contributed by atoms with Crippen molar-refractivity contribution in [1.82, 2.24) is 0 Å². The van der Waals surface area contributed by atoms with Crippen molar-refractivity contribution >= 4 is 17.3 Å². The number of rotatable bonds is 4. The van der Waals surface area contributed by atoms with Gasteiger partial charge in [0.2, 0.25) is 0 Å². The summed E-state index contributed by atoms with van der Waals surface area (Å²) in [5.41, 5.74) is 8.20. The van der Waals surface area contributed by atoms with Gasteiger partial charge in [0.25, 0.3) is 0 Å². The molecule has 1 aliphatic heterocycles. The van der Waals surface area contributed by atoms with Crippen LogP contribution in [0.1, 0.15) is 75.5 Å². The Hall–Kier alpha value is -3.07. The Balaban J connectivity index is 1.44. The largest absolute Gasteiger partial charge is 0.480 e. The molecular formula is C31H35NO2. The Kier molecular flexibility index (Phi) is 5.97. The van der Waals surface area contributed by atoms with Crippen molar-refractivity contribution in [1.29, 1.82) is 0 Å². The highest BCUT2D eigenvalue weighted by Gasteiger charge is 2.35. The first-order valence-electron chi connectivity index (χ1n) is 12.7. The third-order valence-corrected chi connectivity index (χ3v) is 7.68. The second kappa shape index (κ2) is 8.94. The molecule has 3 aromatic rings. The highest BCUT2D eigenvalue weighted by Crippen LogP contribution is 2.41. The molecule has 34 heavy (non-hydrogen) atoms. The van der Waals surface area contributed by atoms with Crippen LogP contribution in [0, 0.1) is 0 Å². The Morgan fingerprint density at radius 1 is 0.853 bits per heavy atom. The molecular weight excluding hydrogens is 418 g/mol. The molecule has 0 saturated heterocycles. The molecule has 1 heterocycles. The number of carboxylic acid groups (broad SMARTS) is 1. The molecule has 1 atom stereocenters. The molecule has 3 nitrogen and oxygen atoms in total. The number of hydrogen-bond acceptors (Lipinski definition) is 2. The Morgan fingerprint density at radius 2 is 1.50 bits per heavy atom. The van der Waals surface area contributed by atoms with Gasteiger partial charge in [0.05, 0.1) is 0 Å². The first-order chi connectivity index (χ1) is 16.3. The van der Waals surface area contributed by atoms with E-state index in [0.717, 1.165) is 28.1 Å². The van der Waals surface area contributed by atoms with Gasteiger partial charge < -0.3 is 10.0 Å². The zero-order valence-corrected chi connectivity index (χ0v) is 20.6. The molecule has 3 aromatic carbocycles. The first kappa shape index (κ1) is 22.7. The molecule has 1 unspecified atom stereocenters. The molecule has 1 N–H and O–H groups in total. The van der Waals surface area contributed by atoms with Gasteiger partial charge in [0.15, 0.2) is 0 Å². The molecule has 2 aliphatic rings. The van der Waals surface area contributed by atoms with E-state index in [1.54, 1.807) is 0 Å². The van der Waals surface area contributed by atoms with Crippen molar-refractivity contribution in [2.24, 2.45) is 0 Å². The van der Waals surface area contributed by atoms with Gasteiger partial charge in [-0.3, -0.25) is 0 Å². The van der Waals surface area contributed by atoms with Gasteiger partial charge in [-0.1, -0.05) is 82.5 Å². The summed E-state index contributed by atoms with van der Waals surface area (Å²) in [5.74, 6) is -0.125. The second-order valence-corrected chi connectivity index (χ2v) is 11.0. The maximum Gasteiger partial charge on any atom is 0.327 e. The number of nitrogens with zero attached hydrogens (tertiary/aromatic N) is 1. The predicted octanol–water partition coefficient (Wildman–Crippen LogP) is 7.85. The Bertz CT molecular complexity index is 1170. The minimum absolute atomic E-state index is 0.123. The average Bonchev–Trinajstić information content (AvgIpc) is 3.23. The SMILES string of the molecule is CC(C)(C)c1ccc(-c2ccc3c(c2)CC(C(=O)O)N3c2ccc(C3CCCCC3)cc2)cc1. The lowest BCUT2D eigenvalue weighted by atomic mass is 9.84. The molecule has 176 valence electrons. The van der Waals surface area contributed by atoms with Crippen LogP contribution < -0.4 is 4.90 Å². The minimum Gasteiger partial charge on any atom is -0.480 e. The van der Waals surface area contributed by atoms with Crippen molar-refractivity contribution < 1.29 is 9.90 Å². The fourth-order valence-corrected chi connectivity index (χ4v) is 5.65. The molecule has 1 fully saturated rings. The quantitative estimate of drug-likeness (QED) is 0.437. The number of aliphatic carboxylic acids is 1. The molecule has 3 heteroatoms. The van der Waals surface area contributed by atoms with Crippen LogP contribution in [0.3, 0.4) is 0 Å². The van der Waals surface area contributed by atoms with Gasteiger partial charge in [0, 0.05) is 17.8 Å². The van der Waals surface area contributed by atoms with Crippen LogP contribution >= 0.6 is 0 Å². The number of hydrogen-bond donors (Lipinski definition) is 1. The van der Waals surface area contributed by atoms with E-state index in [0.29, 0.717) is 12.3 Å². The van der Waals surface area contributed by atoms with Crippen LogP contribution in [0.25, 0.3) is 11.1 Å². The summed E-state index contributed by atoms with van der Waals surface area (Å²) < 4.78 is 0. The maximum absolute atomic E-state index is 12.2. The summed E-state index contributed by atoms with van der Waals surface area (Å²) >= 11 is 0. The Labute approximate surface area is 203 Å². The van der Waals surface area contributed by atoms with E-state index in [-0.39, 0.29) is 5.41 Å². The van der Waals surface area contributed by atoms with E-state index >= 15 is 0 Å². The second-order valence-electron chi connectivity index (χ2n) is 11.0. The van der Waals surface area contributed by atoms with Gasteiger partial charge in [-0.25, -0.2) is 4.79 Å². The molecule has 5 rings (SSSR count). The number of carboxylic acids is 1. The number of benzene rings is 3. The van der Waals surface area contributed by atoms with Crippen LogP contribution in [0.4, 0.5) is 11.4 Å². The van der Waals surface area contributed by atoms with E-state index in [1.807, 2.05) is 4.90 Å². The highest BCUT2D eigenvalue weighted by atomic mass is 16.4. The smallest absolute Gasteiger partial charge is 0.327 e. The fourth-order valence-electron chi connectivity index (χ4n) is 5.65. The monoisotopic (exact) mass is 453 g/mol. The molecule has 0 bridgehead atoms. The van der Waals surface area contributed by atoms with Crippen molar-refractivity contribution in [3.8, 4) is 11.1 Å². The lowest BCUT2D eigenvalue weighted by Crippen LogP contribution is -2.35. The van der Waals surface area contributed by atoms with Crippen LogP contribution in [0.15, 0.2) is 66.7 Å². The Morgan fingerprint density at radius 3 is 2.12 bits per heavy atom. The normalized spacial score (nSPS) is 18.7. The van der Waals surface area contributed by atoms with E-state index in [1.165, 1.54) is 43.2 Å². The van der Waals surface area contributed by atoms with Crippen LogP contribution in [0.2, 0.25) is 0 Å². The number of fused-ring (bicyclic) bond motifs is 1. The van der Waals surface area contributed by atoms with E-state index in [4.69, 9.17) is 0 Å². The molecule has 0 spiro atoms. The first-order valence-corrected chi connectivity index (χ1v) is 12.7. The molecule has 1 saturated carbocycles. The summed E-state index contributed by atoms with van der Waals surface area (Å²) in [5, 5.41) is 10.0. The standard InChI is InChI=1S/C31H35NO2/c1-31(2,3)26-14-9-23(10-15-26)24-13-18-28-25(19-24)20-29(30(33)34)32(28)27-16-11-22(12-17-27)21-7-5-4-6-8-21/h9-19,21,29H,4-8,20H2,1-3H3,(H,33,34). The summed E-state index contributed by atoms with van der Waals surface area (Å²) in [4.78, 5) is 14.2.